The molecular weight excluding hydrogens is 308 g/mol. The number of halogens is 1. The second-order valence-electron chi connectivity index (χ2n) is 5.83. The second-order valence-corrected chi connectivity index (χ2v) is 6.21. The van der Waals surface area contributed by atoms with E-state index in [0.29, 0.717) is 5.15 Å². The van der Waals surface area contributed by atoms with E-state index in [1.54, 1.807) is 6.07 Å². The van der Waals surface area contributed by atoms with Gasteiger partial charge in [-0.05, 0) is 29.2 Å². The average Bonchev–Trinajstić information content (AvgIpc) is 3.03. The van der Waals surface area contributed by atoms with Crippen molar-refractivity contribution in [3.63, 3.8) is 0 Å². The number of hydrogen-bond donors (Lipinski definition) is 1. The molecule has 5 heteroatoms. The molecule has 0 aliphatic carbocycles. The maximum atomic E-state index is 6.06. The molecule has 1 saturated heterocycles. The fraction of sp³-hybridized carbons (Fsp3) is 0.222. The lowest BCUT2D eigenvalue weighted by Crippen LogP contribution is -2.24. The number of aromatic nitrogens is 2. The molecule has 1 aliphatic heterocycles. The molecule has 0 saturated carbocycles. The molecule has 1 aromatic heterocycles. The van der Waals surface area contributed by atoms with Crippen molar-refractivity contribution < 1.29 is 0 Å². The lowest BCUT2D eigenvalue weighted by atomic mass is 9.97. The van der Waals surface area contributed by atoms with Gasteiger partial charge in [0.05, 0.1) is 6.04 Å². The Morgan fingerprint density at radius 3 is 2.78 bits per heavy atom. The maximum Gasteiger partial charge on any atom is 0.223 e. The zero-order valence-electron chi connectivity index (χ0n) is 12.6. The number of fused-ring (bicyclic) bond motifs is 1. The third kappa shape index (κ3) is 2.59. The molecule has 2 heterocycles. The van der Waals surface area contributed by atoms with Crippen LogP contribution in [0.5, 0.6) is 0 Å². The van der Waals surface area contributed by atoms with Crippen molar-refractivity contribution in [1.82, 2.24) is 9.97 Å². The van der Waals surface area contributed by atoms with Crippen LogP contribution < -0.4 is 10.6 Å². The molecule has 116 valence electrons. The summed E-state index contributed by atoms with van der Waals surface area (Å²) in [6.45, 7) is 0.945. The molecule has 2 aromatic carbocycles. The van der Waals surface area contributed by atoms with Crippen molar-refractivity contribution in [2.45, 2.75) is 18.9 Å². The average molecular weight is 325 g/mol. The van der Waals surface area contributed by atoms with Crippen molar-refractivity contribution in [3.05, 3.63) is 59.2 Å². The van der Waals surface area contributed by atoms with Crippen LogP contribution >= 0.6 is 11.6 Å². The highest BCUT2D eigenvalue weighted by molar-refractivity contribution is 6.29. The smallest absolute Gasteiger partial charge is 0.223 e. The topological polar surface area (TPSA) is 55.0 Å². The molecule has 0 amide bonds. The number of anilines is 2. The van der Waals surface area contributed by atoms with E-state index in [1.165, 1.54) is 16.3 Å². The Kier molecular flexibility index (Phi) is 3.54. The predicted octanol–water partition coefficient (Wildman–Crippen LogP) is 4.21. The summed E-state index contributed by atoms with van der Waals surface area (Å²) < 4.78 is 0. The first-order chi connectivity index (χ1) is 11.2. The Bertz CT molecular complexity index is 839. The number of benzene rings is 2. The minimum Gasteiger partial charge on any atom is -0.368 e. The summed E-state index contributed by atoms with van der Waals surface area (Å²) in [6, 6.07) is 17.0. The summed E-state index contributed by atoms with van der Waals surface area (Å²) in [4.78, 5) is 10.6. The van der Waals surface area contributed by atoms with Crippen molar-refractivity contribution in [1.29, 1.82) is 0 Å². The molecule has 0 bridgehead atoms. The van der Waals surface area contributed by atoms with Crippen LogP contribution in [0.15, 0.2) is 48.5 Å². The van der Waals surface area contributed by atoms with Gasteiger partial charge in [-0.3, -0.25) is 0 Å². The summed E-state index contributed by atoms with van der Waals surface area (Å²) in [5.74, 6) is 1.02. The zero-order valence-corrected chi connectivity index (χ0v) is 13.4. The van der Waals surface area contributed by atoms with E-state index in [9.17, 15) is 0 Å². The summed E-state index contributed by atoms with van der Waals surface area (Å²) in [5.41, 5.74) is 7.10. The Morgan fingerprint density at radius 2 is 1.91 bits per heavy atom. The maximum absolute atomic E-state index is 6.06. The molecule has 4 nitrogen and oxygen atoms in total. The first-order valence-corrected chi connectivity index (χ1v) is 8.14. The van der Waals surface area contributed by atoms with Gasteiger partial charge >= 0.3 is 0 Å². The van der Waals surface area contributed by atoms with E-state index >= 15 is 0 Å². The predicted molar refractivity (Wildman–Crippen MR) is 94.7 cm³/mol. The zero-order chi connectivity index (χ0) is 15.8. The highest BCUT2D eigenvalue weighted by Gasteiger charge is 2.28. The van der Waals surface area contributed by atoms with Gasteiger partial charge in [0.15, 0.2) is 0 Å². The summed E-state index contributed by atoms with van der Waals surface area (Å²) in [5, 5.41) is 2.94. The molecule has 0 radical (unpaired) electrons. The normalized spacial score (nSPS) is 17.8. The van der Waals surface area contributed by atoms with E-state index in [4.69, 9.17) is 17.3 Å². The van der Waals surface area contributed by atoms with Crippen molar-refractivity contribution in [2.24, 2.45) is 0 Å². The molecule has 0 unspecified atom stereocenters. The van der Waals surface area contributed by atoms with Gasteiger partial charge in [-0.25, -0.2) is 4.98 Å². The van der Waals surface area contributed by atoms with Crippen molar-refractivity contribution >= 4 is 34.1 Å². The molecule has 1 aliphatic rings. The lowest BCUT2D eigenvalue weighted by Gasteiger charge is -2.27. The highest BCUT2D eigenvalue weighted by atomic mass is 35.5. The van der Waals surface area contributed by atoms with Crippen LogP contribution in [0.25, 0.3) is 10.8 Å². The molecular formula is C18H17ClN4. The summed E-state index contributed by atoms with van der Waals surface area (Å²) in [7, 11) is 0. The van der Waals surface area contributed by atoms with Crippen LogP contribution in [0.2, 0.25) is 5.15 Å². The third-order valence-electron chi connectivity index (χ3n) is 4.43. The Morgan fingerprint density at radius 1 is 1.09 bits per heavy atom. The van der Waals surface area contributed by atoms with Gasteiger partial charge in [0.2, 0.25) is 5.95 Å². The fourth-order valence-corrected chi connectivity index (χ4v) is 3.66. The largest absolute Gasteiger partial charge is 0.368 e. The van der Waals surface area contributed by atoms with Crippen LogP contribution in [-0.4, -0.2) is 16.5 Å². The molecule has 0 spiro atoms. The van der Waals surface area contributed by atoms with Crippen LogP contribution in [0.1, 0.15) is 24.4 Å². The number of nitrogens with two attached hydrogens (primary N) is 1. The highest BCUT2D eigenvalue weighted by Crippen LogP contribution is 2.38. The summed E-state index contributed by atoms with van der Waals surface area (Å²) >= 11 is 6.06. The molecule has 4 rings (SSSR count). The first-order valence-electron chi connectivity index (χ1n) is 7.77. The standard InChI is InChI=1S/C18H17ClN4/c19-16-11-17(22-18(20)21-16)23-10-4-9-15(23)14-8-3-6-12-5-1-2-7-13(12)14/h1-3,5-8,11,15H,4,9-10H2,(H2,20,21,22)/t15-/m0/s1. The van der Waals surface area contributed by atoms with E-state index in [-0.39, 0.29) is 12.0 Å². The quantitative estimate of drug-likeness (QED) is 0.717. The molecule has 23 heavy (non-hydrogen) atoms. The van der Waals surface area contributed by atoms with Crippen LogP contribution in [0, 0.1) is 0 Å². The Hall–Kier alpha value is -2.33. The lowest BCUT2D eigenvalue weighted by molar-refractivity contribution is 0.717. The number of rotatable bonds is 2. The second kappa shape index (κ2) is 5.70. The van der Waals surface area contributed by atoms with E-state index in [1.807, 2.05) is 0 Å². The minimum absolute atomic E-state index is 0.219. The first kappa shape index (κ1) is 14.3. The van der Waals surface area contributed by atoms with Crippen LogP contribution in [0.3, 0.4) is 0 Å². The molecule has 2 N–H and O–H groups in total. The van der Waals surface area contributed by atoms with Gasteiger partial charge in [0, 0.05) is 12.6 Å². The van der Waals surface area contributed by atoms with Gasteiger partial charge in [-0.1, -0.05) is 54.1 Å². The fourth-order valence-electron chi connectivity index (χ4n) is 3.48. The molecule has 1 atom stereocenters. The van der Waals surface area contributed by atoms with Gasteiger partial charge in [0.1, 0.15) is 11.0 Å². The number of nitrogens with zero attached hydrogens (tertiary/aromatic N) is 3. The van der Waals surface area contributed by atoms with Gasteiger partial charge in [-0.15, -0.1) is 0 Å². The van der Waals surface area contributed by atoms with E-state index in [2.05, 4.69) is 57.3 Å². The Labute approximate surface area is 139 Å². The number of hydrogen-bond acceptors (Lipinski definition) is 4. The van der Waals surface area contributed by atoms with Crippen LogP contribution in [-0.2, 0) is 0 Å². The van der Waals surface area contributed by atoms with Crippen LogP contribution in [0.4, 0.5) is 11.8 Å². The Balaban J connectivity index is 1.80. The minimum atomic E-state index is 0.219. The van der Waals surface area contributed by atoms with Gasteiger partial charge < -0.3 is 10.6 Å². The summed E-state index contributed by atoms with van der Waals surface area (Å²) in [6.07, 6.45) is 2.21. The third-order valence-corrected chi connectivity index (χ3v) is 4.62. The number of nitrogen functional groups attached to an aromatic ring is 1. The van der Waals surface area contributed by atoms with Gasteiger partial charge in [-0.2, -0.15) is 4.98 Å². The van der Waals surface area contributed by atoms with E-state index < -0.39 is 0 Å². The monoisotopic (exact) mass is 324 g/mol. The van der Waals surface area contributed by atoms with Crippen molar-refractivity contribution in [3.8, 4) is 0 Å². The van der Waals surface area contributed by atoms with Crippen molar-refractivity contribution in [2.75, 3.05) is 17.2 Å². The molecule has 1 fully saturated rings. The van der Waals surface area contributed by atoms with Gasteiger partial charge in [0.25, 0.3) is 0 Å². The SMILES string of the molecule is Nc1nc(Cl)cc(N2CCC[C@H]2c2cccc3ccccc23)n1. The van der Waals surface area contributed by atoms with E-state index in [0.717, 1.165) is 25.2 Å². The molecule has 3 aromatic rings.